The quantitative estimate of drug-likeness (QED) is 0.879. The van der Waals surface area contributed by atoms with Crippen LogP contribution in [0.4, 0.5) is 13.2 Å². The minimum absolute atomic E-state index is 0.0197. The van der Waals surface area contributed by atoms with Crippen molar-refractivity contribution >= 4 is 0 Å². The molecule has 1 aliphatic carbocycles. The van der Waals surface area contributed by atoms with Gasteiger partial charge in [0.2, 0.25) is 0 Å². The molecule has 7 heteroatoms. The predicted molar refractivity (Wildman–Crippen MR) is 68.4 cm³/mol. The number of hydrogen-bond acceptors (Lipinski definition) is 3. The molecule has 0 bridgehead atoms. The third kappa shape index (κ3) is 2.21. The monoisotopic (exact) mass is 297 g/mol. The highest BCUT2D eigenvalue weighted by atomic mass is 19.4. The van der Waals surface area contributed by atoms with E-state index in [1.54, 1.807) is 11.7 Å². The van der Waals surface area contributed by atoms with E-state index in [0.29, 0.717) is 18.4 Å². The zero-order chi connectivity index (χ0) is 15.3. The van der Waals surface area contributed by atoms with Crippen LogP contribution in [0.5, 0.6) is 0 Å². The highest BCUT2D eigenvalue weighted by molar-refractivity contribution is 5.37. The van der Waals surface area contributed by atoms with Crippen molar-refractivity contribution in [2.24, 2.45) is 7.05 Å². The summed E-state index contributed by atoms with van der Waals surface area (Å²) in [6, 6.07) is 3.60. The molecule has 0 aromatic carbocycles. The largest absolute Gasteiger partial charge is 0.433 e. The van der Waals surface area contributed by atoms with E-state index in [1.807, 2.05) is 0 Å². The lowest BCUT2D eigenvalue weighted by molar-refractivity contribution is -0.141. The first-order valence-electron chi connectivity index (χ1n) is 6.61. The van der Waals surface area contributed by atoms with Gasteiger partial charge in [-0.3, -0.25) is 4.68 Å². The second-order valence-corrected chi connectivity index (χ2v) is 5.25. The van der Waals surface area contributed by atoms with Crippen molar-refractivity contribution in [3.63, 3.8) is 0 Å². The van der Waals surface area contributed by atoms with Crippen LogP contribution in [0.1, 0.15) is 35.5 Å². The molecule has 3 rings (SSSR count). The summed E-state index contributed by atoms with van der Waals surface area (Å²) in [7, 11) is 1.75. The van der Waals surface area contributed by atoms with Gasteiger partial charge in [0.05, 0.1) is 11.9 Å². The molecule has 0 amide bonds. The van der Waals surface area contributed by atoms with Gasteiger partial charge in [-0.2, -0.15) is 18.3 Å². The molecule has 1 N–H and O–H groups in total. The number of pyridine rings is 1. The maximum absolute atomic E-state index is 12.8. The zero-order valence-electron chi connectivity index (χ0n) is 11.4. The Labute approximate surface area is 119 Å². The summed E-state index contributed by atoms with van der Waals surface area (Å²) in [6.45, 7) is 0. The van der Waals surface area contributed by atoms with Crippen LogP contribution in [0.2, 0.25) is 0 Å². The number of rotatable bonds is 1. The van der Waals surface area contributed by atoms with Gasteiger partial charge in [-0.1, -0.05) is 6.07 Å². The molecule has 0 saturated carbocycles. The van der Waals surface area contributed by atoms with Crippen molar-refractivity contribution in [3.05, 3.63) is 47.0 Å². The Balaban J connectivity index is 2.12. The molecule has 0 spiro atoms. The van der Waals surface area contributed by atoms with Crippen LogP contribution in [-0.4, -0.2) is 19.9 Å². The highest BCUT2D eigenvalue weighted by Gasteiger charge is 2.41. The van der Waals surface area contributed by atoms with E-state index >= 15 is 0 Å². The van der Waals surface area contributed by atoms with Crippen molar-refractivity contribution in [1.82, 2.24) is 14.8 Å². The minimum atomic E-state index is -4.53. The van der Waals surface area contributed by atoms with Gasteiger partial charge in [0.15, 0.2) is 0 Å². The Kier molecular flexibility index (Phi) is 3.05. The van der Waals surface area contributed by atoms with Gasteiger partial charge in [0, 0.05) is 18.3 Å². The van der Waals surface area contributed by atoms with Crippen LogP contribution in [0.15, 0.2) is 24.4 Å². The number of halogens is 3. The van der Waals surface area contributed by atoms with Crippen LogP contribution in [0.3, 0.4) is 0 Å². The molecular weight excluding hydrogens is 283 g/mol. The molecule has 2 aromatic rings. The summed E-state index contributed by atoms with van der Waals surface area (Å²) < 4.78 is 40.0. The first kappa shape index (κ1) is 14.1. The van der Waals surface area contributed by atoms with Crippen LogP contribution in [0.25, 0.3) is 0 Å². The average molecular weight is 297 g/mol. The molecule has 1 atom stereocenters. The number of fused-ring (bicyclic) bond motifs is 1. The number of alkyl halides is 3. The van der Waals surface area contributed by atoms with Gasteiger partial charge in [-0.25, -0.2) is 4.98 Å². The van der Waals surface area contributed by atoms with E-state index in [1.165, 1.54) is 18.3 Å². The van der Waals surface area contributed by atoms with E-state index in [0.717, 1.165) is 18.2 Å². The minimum Gasteiger partial charge on any atom is -0.379 e. The lowest BCUT2D eigenvalue weighted by atomic mass is 9.80. The third-order valence-electron chi connectivity index (χ3n) is 3.92. The Hall–Kier alpha value is -1.89. The number of aryl methyl sites for hydroxylation is 1. The second-order valence-electron chi connectivity index (χ2n) is 5.25. The van der Waals surface area contributed by atoms with E-state index < -0.39 is 17.5 Å². The molecule has 112 valence electrons. The van der Waals surface area contributed by atoms with E-state index in [9.17, 15) is 18.3 Å². The normalized spacial score (nSPS) is 22.1. The molecule has 0 fully saturated rings. The number of nitrogens with zero attached hydrogens (tertiary/aromatic N) is 3. The standard InChI is InChI=1S/C14H14F3N3O/c1-20-10-4-3-7-13(21,9(10)8-18-20)11-5-2-6-12(19-11)14(15,16)17/h2,5-6,8,21H,3-4,7H2,1H3. The summed E-state index contributed by atoms with van der Waals surface area (Å²) in [5, 5.41) is 15.0. The Morgan fingerprint density at radius 1 is 1.33 bits per heavy atom. The molecule has 0 radical (unpaired) electrons. The molecule has 2 aromatic heterocycles. The molecule has 1 aliphatic rings. The van der Waals surface area contributed by atoms with Crippen LogP contribution in [-0.2, 0) is 25.2 Å². The molecule has 2 heterocycles. The number of aromatic nitrogens is 3. The molecule has 0 aliphatic heterocycles. The van der Waals surface area contributed by atoms with Gasteiger partial charge in [0.1, 0.15) is 11.3 Å². The Bertz CT molecular complexity index is 680. The van der Waals surface area contributed by atoms with E-state index in [-0.39, 0.29) is 5.69 Å². The van der Waals surface area contributed by atoms with Gasteiger partial charge in [-0.05, 0) is 31.4 Å². The summed E-state index contributed by atoms with van der Waals surface area (Å²) in [5.74, 6) is 0. The van der Waals surface area contributed by atoms with Gasteiger partial charge < -0.3 is 5.11 Å². The van der Waals surface area contributed by atoms with E-state index in [2.05, 4.69) is 10.1 Å². The van der Waals surface area contributed by atoms with Gasteiger partial charge >= 0.3 is 6.18 Å². The van der Waals surface area contributed by atoms with Crippen molar-refractivity contribution in [1.29, 1.82) is 0 Å². The summed E-state index contributed by atoms with van der Waals surface area (Å²) >= 11 is 0. The zero-order valence-corrected chi connectivity index (χ0v) is 11.4. The fraction of sp³-hybridized carbons (Fsp3) is 0.429. The summed E-state index contributed by atoms with van der Waals surface area (Å²) in [5.41, 5.74) is -1.11. The number of hydrogen-bond donors (Lipinski definition) is 1. The fourth-order valence-electron chi connectivity index (χ4n) is 2.84. The van der Waals surface area contributed by atoms with Crippen molar-refractivity contribution < 1.29 is 18.3 Å². The molecule has 0 saturated heterocycles. The maximum atomic E-state index is 12.8. The Morgan fingerprint density at radius 2 is 2.10 bits per heavy atom. The van der Waals surface area contributed by atoms with Crippen molar-refractivity contribution in [2.45, 2.75) is 31.0 Å². The van der Waals surface area contributed by atoms with Gasteiger partial charge in [0.25, 0.3) is 0 Å². The summed E-state index contributed by atoms with van der Waals surface area (Å²) in [4.78, 5) is 3.64. The molecular formula is C14H14F3N3O. The number of aliphatic hydroxyl groups is 1. The highest BCUT2D eigenvalue weighted by Crippen LogP contribution is 2.40. The third-order valence-corrected chi connectivity index (χ3v) is 3.92. The molecule has 4 nitrogen and oxygen atoms in total. The Morgan fingerprint density at radius 3 is 2.81 bits per heavy atom. The smallest absolute Gasteiger partial charge is 0.379 e. The molecule has 1 unspecified atom stereocenters. The van der Waals surface area contributed by atoms with Crippen LogP contribution < -0.4 is 0 Å². The van der Waals surface area contributed by atoms with Crippen LogP contribution >= 0.6 is 0 Å². The first-order chi connectivity index (χ1) is 9.82. The fourth-order valence-corrected chi connectivity index (χ4v) is 2.84. The van der Waals surface area contributed by atoms with Gasteiger partial charge in [-0.15, -0.1) is 0 Å². The first-order valence-corrected chi connectivity index (χ1v) is 6.61. The topological polar surface area (TPSA) is 50.9 Å². The predicted octanol–water partition coefficient (Wildman–Crippen LogP) is 2.41. The lowest BCUT2D eigenvalue weighted by Gasteiger charge is -2.32. The average Bonchev–Trinajstić information content (AvgIpc) is 2.82. The SMILES string of the molecule is Cn1ncc2c1CCCC2(O)c1cccc(C(F)(F)F)n1. The maximum Gasteiger partial charge on any atom is 0.433 e. The summed E-state index contributed by atoms with van der Waals surface area (Å²) in [6.07, 6.45) is -1.27. The molecule has 21 heavy (non-hydrogen) atoms. The van der Waals surface area contributed by atoms with Crippen molar-refractivity contribution in [3.8, 4) is 0 Å². The lowest BCUT2D eigenvalue weighted by Crippen LogP contribution is -2.33. The van der Waals surface area contributed by atoms with Crippen LogP contribution in [0, 0.1) is 0 Å². The second kappa shape index (κ2) is 4.56. The van der Waals surface area contributed by atoms with E-state index in [4.69, 9.17) is 0 Å². The van der Waals surface area contributed by atoms with Crippen molar-refractivity contribution in [2.75, 3.05) is 0 Å².